The highest BCUT2D eigenvalue weighted by Crippen LogP contribution is 2.26. The van der Waals surface area contributed by atoms with Crippen molar-refractivity contribution in [3.8, 4) is 0 Å². The van der Waals surface area contributed by atoms with Gasteiger partial charge < -0.3 is 5.32 Å². The molecule has 1 aromatic heterocycles. The van der Waals surface area contributed by atoms with Crippen LogP contribution in [0.1, 0.15) is 41.2 Å². The first kappa shape index (κ1) is 14.2. The number of benzene rings is 1. The zero-order chi connectivity index (χ0) is 14.0. The van der Waals surface area contributed by atoms with Gasteiger partial charge in [-0.25, -0.2) is 8.78 Å². The summed E-state index contributed by atoms with van der Waals surface area (Å²) in [6.45, 7) is 5.92. The average Bonchev–Trinajstić information content (AvgIpc) is 2.79. The Morgan fingerprint density at radius 3 is 2.42 bits per heavy atom. The third-order valence-electron chi connectivity index (χ3n) is 3.11. The lowest BCUT2D eigenvalue weighted by molar-refractivity contribution is 0.473. The third-order valence-corrected chi connectivity index (χ3v) is 4.30. The number of thiophene rings is 1. The first-order chi connectivity index (χ1) is 8.97. The van der Waals surface area contributed by atoms with E-state index in [1.54, 1.807) is 11.3 Å². The van der Waals surface area contributed by atoms with Crippen LogP contribution in [-0.2, 0) is 0 Å². The molecule has 2 rings (SSSR count). The highest BCUT2D eigenvalue weighted by Gasteiger charge is 2.16. The van der Waals surface area contributed by atoms with Crippen LogP contribution in [0.3, 0.4) is 0 Å². The molecular weight excluding hydrogens is 264 g/mol. The molecule has 2 atom stereocenters. The highest BCUT2D eigenvalue weighted by molar-refractivity contribution is 7.12. The van der Waals surface area contributed by atoms with Gasteiger partial charge in [0, 0.05) is 27.4 Å². The van der Waals surface area contributed by atoms with Gasteiger partial charge in [-0.05, 0) is 51.1 Å². The van der Waals surface area contributed by atoms with E-state index < -0.39 is 5.82 Å². The number of hydrogen-bond acceptors (Lipinski definition) is 2. The minimum absolute atomic E-state index is 0.108. The van der Waals surface area contributed by atoms with Crippen LogP contribution in [0.4, 0.5) is 8.78 Å². The second kappa shape index (κ2) is 5.80. The number of halogens is 2. The van der Waals surface area contributed by atoms with E-state index in [2.05, 4.69) is 24.4 Å². The summed E-state index contributed by atoms with van der Waals surface area (Å²) in [5.74, 6) is -0.791. The number of hydrogen-bond donors (Lipinski definition) is 1. The molecule has 0 saturated carbocycles. The van der Waals surface area contributed by atoms with Crippen LogP contribution in [0.5, 0.6) is 0 Å². The SMILES string of the molecule is Cc1ccc(C(C)NC(C)c2cc(F)ccc2F)s1. The zero-order valence-corrected chi connectivity index (χ0v) is 12.0. The Kier molecular flexibility index (Phi) is 4.32. The fourth-order valence-electron chi connectivity index (χ4n) is 2.08. The predicted octanol–water partition coefficient (Wildman–Crippen LogP) is 4.75. The van der Waals surface area contributed by atoms with Gasteiger partial charge in [-0.1, -0.05) is 0 Å². The molecule has 0 radical (unpaired) electrons. The van der Waals surface area contributed by atoms with Crippen molar-refractivity contribution in [2.75, 3.05) is 0 Å². The van der Waals surface area contributed by atoms with E-state index in [1.165, 1.54) is 21.9 Å². The summed E-state index contributed by atoms with van der Waals surface area (Å²) >= 11 is 1.71. The van der Waals surface area contributed by atoms with Gasteiger partial charge in [0.05, 0.1) is 0 Å². The lowest BCUT2D eigenvalue weighted by atomic mass is 10.1. The van der Waals surface area contributed by atoms with Gasteiger partial charge in [-0.2, -0.15) is 0 Å². The molecule has 0 bridgehead atoms. The maximum absolute atomic E-state index is 13.7. The summed E-state index contributed by atoms with van der Waals surface area (Å²) in [5, 5.41) is 3.30. The van der Waals surface area contributed by atoms with Crippen molar-refractivity contribution < 1.29 is 8.78 Å². The molecule has 0 saturated heterocycles. The van der Waals surface area contributed by atoms with E-state index in [1.807, 2.05) is 13.8 Å². The van der Waals surface area contributed by atoms with Crippen LogP contribution < -0.4 is 5.32 Å². The molecule has 0 spiro atoms. The van der Waals surface area contributed by atoms with Crippen LogP contribution in [0.15, 0.2) is 30.3 Å². The van der Waals surface area contributed by atoms with Gasteiger partial charge in [-0.3, -0.25) is 0 Å². The third kappa shape index (κ3) is 3.39. The summed E-state index contributed by atoms with van der Waals surface area (Å²) in [4.78, 5) is 2.44. The van der Waals surface area contributed by atoms with E-state index in [9.17, 15) is 8.78 Å². The molecule has 2 unspecified atom stereocenters. The molecule has 2 aromatic rings. The van der Waals surface area contributed by atoms with E-state index in [4.69, 9.17) is 0 Å². The Morgan fingerprint density at radius 2 is 1.79 bits per heavy atom. The minimum Gasteiger partial charge on any atom is -0.303 e. The van der Waals surface area contributed by atoms with Crippen molar-refractivity contribution in [2.24, 2.45) is 0 Å². The van der Waals surface area contributed by atoms with Gasteiger partial charge in [-0.15, -0.1) is 11.3 Å². The lowest BCUT2D eigenvalue weighted by Crippen LogP contribution is -2.22. The summed E-state index contributed by atoms with van der Waals surface area (Å²) in [6, 6.07) is 7.54. The molecular formula is C15H17F2NS. The van der Waals surface area contributed by atoms with Gasteiger partial charge in [0.25, 0.3) is 0 Å². The van der Waals surface area contributed by atoms with Gasteiger partial charge in [0.2, 0.25) is 0 Å². The molecule has 0 aliphatic carbocycles. The molecule has 102 valence electrons. The van der Waals surface area contributed by atoms with E-state index in [0.717, 1.165) is 6.07 Å². The van der Waals surface area contributed by atoms with Crippen molar-refractivity contribution >= 4 is 11.3 Å². The first-order valence-electron chi connectivity index (χ1n) is 6.24. The van der Waals surface area contributed by atoms with Gasteiger partial charge in [0.1, 0.15) is 11.6 Å². The fraction of sp³-hybridized carbons (Fsp3) is 0.333. The first-order valence-corrected chi connectivity index (χ1v) is 7.06. The summed E-state index contributed by atoms with van der Waals surface area (Å²) in [7, 11) is 0. The normalized spacial score (nSPS) is 14.4. The van der Waals surface area contributed by atoms with Crippen LogP contribution in [-0.4, -0.2) is 0 Å². The standard InChI is InChI=1S/C15H17F2NS/c1-9-4-7-15(19-9)11(3)18-10(2)13-8-12(16)5-6-14(13)17/h4-8,10-11,18H,1-3H3. The summed E-state index contributed by atoms with van der Waals surface area (Å²) in [5.41, 5.74) is 0.361. The monoisotopic (exact) mass is 281 g/mol. The average molecular weight is 281 g/mol. The van der Waals surface area contributed by atoms with Gasteiger partial charge >= 0.3 is 0 Å². The molecule has 1 nitrogen and oxygen atoms in total. The Hall–Kier alpha value is -1.26. The topological polar surface area (TPSA) is 12.0 Å². The second-order valence-corrected chi connectivity index (χ2v) is 6.04. The Balaban J connectivity index is 2.12. The van der Waals surface area contributed by atoms with E-state index in [0.29, 0.717) is 5.56 Å². The molecule has 1 N–H and O–H groups in total. The van der Waals surface area contributed by atoms with E-state index in [-0.39, 0.29) is 17.9 Å². The maximum atomic E-state index is 13.7. The lowest BCUT2D eigenvalue weighted by Gasteiger charge is -2.20. The maximum Gasteiger partial charge on any atom is 0.128 e. The summed E-state index contributed by atoms with van der Waals surface area (Å²) < 4.78 is 26.9. The molecule has 0 aliphatic rings. The quantitative estimate of drug-likeness (QED) is 0.853. The van der Waals surface area contributed by atoms with Crippen molar-refractivity contribution in [3.63, 3.8) is 0 Å². The largest absolute Gasteiger partial charge is 0.303 e. The van der Waals surface area contributed by atoms with Crippen molar-refractivity contribution in [1.29, 1.82) is 0 Å². The second-order valence-electron chi connectivity index (χ2n) is 4.72. The number of aryl methyl sites for hydroxylation is 1. The Morgan fingerprint density at radius 1 is 1.05 bits per heavy atom. The minimum atomic E-state index is -0.412. The fourth-order valence-corrected chi connectivity index (χ4v) is 2.97. The molecule has 1 heterocycles. The Labute approximate surface area is 116 Å². The Bertz CT molecular complexity index is 565. The number of nitrogens with one attached hydrogen (secondary N) is 1. The van der Waals surface area contributed by atoms with Crippen molar-refractivity contribution in [2.45, 2.75) is 32.9 Å². The van der Waals surface area contributed by atoms with Gasteiger partial charge in [0.15, 0.2) is 0 Å². The van der Waals surface area contributed by atoms with Crippen LogP contribution >= 0.6 is 11.3 Å². The van der Waals surface area contributed by atoms with Crippen LogP contribution in [0.2, 0.25) is 0 Å². The molecule has 0 fully saturated rings. The summed E-state index contributed by atoms with van der Waals surface area (Å²) in [6.07, 6.45) is 0. The van der Waals surface area contributed by atoms with Crippen LogP contribution in [0.25, 0.3) is 0 Å². The zero-order valence-electron chi connectivity index (χ0n) is 11.2. The smallest absolute Gasteiger partial charge is 0.128 e. The predicted molar refractivity (Wildman–Crippen MR) is 75.4 cm³/mol. The van der Waals surface area contributed by atoms with Crippen molar-refractivity contribution in [1.82, 2.24) is 5.32 Å². The van der Waals surface area contributed by atoms with Crippen molar-refractivity contribution in [3.05, 3.63) is 57.3 Å². The van der Waals surface area contributed by atoms with E-state index >= 15 is 0 Å². The van der Waals surface area contributed by atoms with Crippen LogP contribution in [0, 0.1) is 18.6 Å². The number of rotatable bonds is 4. The molecule has 19 heavy (non-hydrogen) atoms. The molecule has 0 amide bonds. The molecule has 1 aromatic carbocycles. The molecule has 4 heteroatoms. The molecule has 0 aliphatic heterocycles. The highest BCUT2D eigenvalue weighted by atomic mass is 32.1.